The SMILES string of the molecule is Cn1cc(-c2[nH]ncc2N)c2c(Br)cccc21. The molecule has 5 heteroatoms. The quantitative estimate of drug-likeness (QED) is 0.724. The summed E-state index contributed by atoms with van der Waals surface area (Å²) in [6.07, 6.45) is 3.68. The number of aromatic amines is 1. The van der Waals surface area contributed by atoms with E-state index in [4.69, 9.17) is 5.73 Å². The molecule has 0 fully saturated rings. The highest BCUT2D eigenvalue weighted by molar-refractivity contribution is 9.10. The number of halogens is 1. The number of aryl methyl sites for hydroxylation is 1. The maximum atomic E-state index is 5.90. The highest BCUT2D eigenvalue weighted by atomic mass is 79.9. The van der Waals surface area contributed by atoms with Crippen molar-refractivity contribution in [1.82, 2.24) is 14.8 Å². The van der Waals surface area contributed by atoms with Crippen LogP contribution in [0.2, 0.25) is 0 Å². The van der Waals surface area contributed by atoms with E-state index in [0.717, 1.165) is 26.6 Å². The lowest BCUT2D eigenvalue weighted by atomic mass is 10.1. The summed E-state index contributed by atoms with van der Waals surface area (Å²) in [7, 11) is 2.02. The first kappa shape index (κ1) is 10.4. The zero-order chi connectivity index (χ0) is 12.0. The third kappa shape index (κ3) is 1.46. The Morgan fingerprint density at radius 2 is 2.24 bits per heavy atom. The van der Waals surface area contributed by atoms with E-state index in [1.54, 1.807) is 6.20 Å². The number of nitrogens with one attached hydrogen (secondary N) is 1. The molecule has 0 atom stereocenters. The zero-order valence-corrected chi connectivity index (χ0v) is 10.8. The van der Waals surface area contributed by atoms with Gasteiger partial charge in [-0.2, -0.15) is 5.10 Å². The lowest BCUT2D eigenvalue weighted by molar-refractivity contribution is 0.968. The fraction of sp³-hybridized carbons (Fsp3) is 0.0833. The van der Waals surface area contributed by atoms with Crippen LogP contribution in [-0.4, -0.2) is 14.8 Å². The Balaban J connectivity index is 2.42. The second-order valence-corrected chi connectivity index (χ2v) is 4.84. The Bertz CT molecular complexity index is 696. The van der Waals surface area contributed by atoms with Crippen molar-refractivity contribution in [1.29, 1.82) is 0 Å². The van der Waals surface area contributed by atoms with Crippen molar-refractivity contribution >= 4 is 32.5 Å². The Morgan fingerprint density at radius 3 is 2.94 bits per heavy atom. The topological polar surface area (TPSA) is 59.6 Å². The molecule has 0 aliphatic carbocycles. The molecule has 0 saturated heterocycles. The van der Waals surface area contributed by atoms with E-state index in [1.165, 1.54) is 0 Å². The lowest BCUT2D eigenvalue weighted by Crippen LogP contribution is -1.86. The van der Waals surface area contributed by atoms with Gasteiger partial charge in [0.05, 0.1) is 17.6 Å². The molecule has 3 rings (SSSR count). The van der Waals surface area contributed by atoms with Gasteiger partial charge in [0, 0.05) is 34.2 Å². The molecule has 0 bridgehead atoms. The van der Waals surface area contributed by atoms with Crippen molar-refractivity contribution in [3.63, 3.8) is 0 Å². The number of aromatic nitrogens is 3. The summed E-state index contributed by atoms with van der Waals surface area (Å²) in [4.78, 5) is 0. The number of rotatable bonds is 1. The smallest absolute Gasteiger partial charge is 0.0901 e. The molecule has 2 heterocycles. The van der Waals surface area contributed by atoms with Crippen molar-refractivity contribution in [3.05, 3.63) is 35.1 Å². The fourth-order valence-electron chi connectivity index (χ4n) is 2.10. The maximum Gasteiger partial charge on any atom is 0.0901 e. The average molecular weight is 291 g/mol. The van der Waals surface area contributed by atoms with Crippen molar-refractivity contribution in [2.24, 2.45) is 7.05 Å². The van der Waals surface area contributed by atoms with Crippen molar-refractivity contribution < 1.29 is 0 Å². The molecule has 86 valence electrons. The summed E-state index contributed by atoms with van der Waals surface area (Å²) in [6.45, 7) is 0. The first-order chi connectivity index (χ1) is 8.18. The molecule has 3 N–H and O–H groups in total. The van der Waals surface area contributed by atoms with Crippen molar-refractivity contribution in [2.75, 3.05) is 5.73 Å². The number of anilines is 1. The van der Waals surface area contributed by atoms with Gasteiger partial charge in [0.25, 0.3) is 0 Å². The van der Waals surface area contributed by atoms with Crippen LogP contribution in [0.15, 0.2) is 35.1 Å². The van der Waals surface area contributed by atoms with Crippen LogP contribution in [0, 0.1) is 0 Å². The normalized spacial score (nSPS) is 11.2. The van der Waals surface area contributed by atoms with Crippen molar-refractivity contribution in [2.45, 2.75) is 0 Å². The summed E-state index contributed by atoms with van der Waals surface area (Å²) < 4.78 is 3.13. The Kier molecular flexibility index (Phi) is 2.22. The van der Waals surface area contributed by atoms with E-state index < -0.39 is 0 Å². The number of hydrogen-bond donors (Lipinski definition) is 2. The second kappa shape index (κ2) is 3.63. The van der Waals surface area contributed by atoms with Gasteiger partial charge in [-0.1, -0.05) is 22.0 Å². The third-order valence-electron chi connectivity index (χ3n) is 2.90. The molecule has 3 aromatic rings. The highest BCUT2D eigenvalue weighted by Gasteiger charge is 2.14. The Morgan fingerprint density at radius 1 is 1.41 bits per heavy atom. The van der Waals surface area contributed by atoms with Gasteiger partial charge in [0.2, 0.25) is 0 Å². The van der Waals surface area contributed by atoms with Crippen LogP contribution >= 0.6 is 15.9 Å². The van der Waals surface area contributed by atoms with Gasteiger partial charge in [0.1, 0.15) is 0 Å². The van der Waals surface area contributed by atoms with Gasteiger partial charge in [-0.3, -0.25) is 5.10 Å². The number of H-pyrrole nitrogens is 1. The number of nitrogens with two attached hydrogens (primary N) is 1. The monoisotopic (exact) mass is 290 g/mol. The lowest BCUT2D eigenvalue weighted by Gasteiger charge is -1.99. The van der Waals surface area contributed by atoms with E-state index in [9.17, 15) is 0 Å². The van der Waals surface area contributed by atoms with Gasteiger partial charge in [-0.15, -0.1) is 0 Å². The molecule has 0 radical (unpaired) electrons. The molecule has 0 unspecified atom stereocenters. The van der Waals surface area contributed by atoms with Crippen LogP contribution in [0.4, 0.5) is 5.69 Å². The number of hydrogen-bond acceptors (Lipinski definition) is 2. The molecule has 0 saturated carbocycles. The van der Waals surface area contributed by atoms with Crippen LogP contribution < -0.4 is 5.73 Å². The zero-order valence-electron chi connectivity index (χ0n) is 9.24. The predicted octanol–water partition coefficient (Wildman–Crippen LogP) is 2.91. The predicted molar refractivity (Wildman–Crippen MR) is 72.6 cm³/mol. The first-order valence-electron chi connectivity index (χ1n) is 5.21. The van der Waals surface area contributed by atoms with Gasteiger partial charge in [-0.25, -0.2) is 0 Å². The van der Waals surface area contributed by atoms with Gasteiger partial charge >= 0.3 is 0 Å². The van der Waals surface area contributed by atoms with Gasteiger partial charge in [0.15, 0.2) is 0 Å². The summed E-state index contributed by atoms with van der Waals surface area (Å²) in [6, 6.07) is 6.13. The average Bonchev–Trinajstić information content (AvgIpc) is 2.85. The third-order valence-corrected chi connectivity index (χ3v) is 3.56. The minimum Gasteiger partial charge on any atom is -0.396 e. The highest BCUT2D eigenvalue weighted by Crippen LogP contribution is 2.36. The van der Waals surface area contributed by atoms with E-state index in [0.29, 0.717) is 5.69 Å². The number of nitrogen functional groups attached to an aromatic ring is 1. The van der Waals surface area contributed by atoms with E-state index in [1.807, 2.05) is 19.2 Å². The Hall–Kier alpha value is -1.75. The summed E-state index contributed by atoms with van der Waals surface area (Å²) >= 11 is 3.58. The van der Waals surface area contributed by atoms with Crippen molar-refractivity contribution in [3.8, 4) is 11.3 Å². The second-order valence-electron chi connectivity index (χ2n) is 3.99. The van der Waals surface area contributed by atoms with E-state index in [2.05, 4.69) is 43.0 Å². The number of nitrogens with zero attached hydrogens (tertiary/aromatic N) is 2. The fourth-order valence-corrected chi connectivity index (χ4v) is 2.67. The van der Waals surface area contributed by atoms with E-state index in [-0.39, 0.29) is 0 Å². The molecular formula is C12H11BrN4. The van der Waals surface area contributed by atoms with Crippen LogP contribution in [0.3, 0.4) is 0 Å². The molecule has 4 nitrogen and oxygen atoms in total. The molecule has 17 heavy (non-hydrogen) atoms. The minimum atomic E-state index is 0.660. The summed E-state index contributed by atoms with van der Waals surface area (Å²) in [5, 5.41) is 8.06. The van der Waals surface area contributed by atoms with Gasteiger partial charge in [-0.05, 0) is 12.1 Å². The molecule has 0 aliphatic rings. The Labute approximate surface area is 107 Å². The standard InChI is InChI=1S/C12H11BrN4/c1-17-6-7(12-9(14)5-15-16-12)11-8(13)3-2-4-10(11)17/h2-6H,14H2,1H3,(H,15,16). The van der Waals surface area contributed by atoms with Crippen LogP contribution in [0.25, 0.3) is 22.2 Å². The molecular weight excluding hydrogens is 280 g/mol. The van der Waals surface area contributed by atoms with Gasteiger partial charge < -0.3 is 10.3 Å². The van der Waals surface area contributed by atoms with Crippen LogP contribution in [0.1, 0.15) is 0 Å². The maximum absolute atomic E-state index is 5.90. The summed E-state index contributed by atoms with van der Waals surface area (Å²) in [5.41, 5.74) is 9.64. The van der Waals surface area contributed by atoms with Crippen LogP contribution in [0.5, 0.6) is 0 Å². The van der Waals surface area contributed by atoms with Crippen LogP contribution in [-0.2, 0) is 7.05 Å². The largest absolute Gasteiger partial charge is 0.396 e. The first-order valence-corrected chi connectivity index (χ1v) is 6.00. The molecule has 0 spiro atoms. The molecule has 0 amide bonds. The molecule has 1 aromatic carbocycles. The summed E-state index contributed by atoms with van der Waals surface area (Å²) in [5.74, 6) is 0. The molecule has 2 aromatic heterocycles. The number of benzene rings is 1. The number of fused-ring (bicyclic) bond motifs is 1. The van der Waals surface area contributed by atoms with E-state index >= 15 is 0 Å². The minimum absolute atomic E-state index is 0.660. The molecule has 0 aliphatic heterocycles.